The van der Waals surface area contributed by atoms with Gasteiger partial charge in [-0.3, -0.25) is 19.3 Å². The second-order valence-corrected chi connectivity index (χ2v) is 11.3. The van der Waals surface area contributed by atoms with Gasteiger partial charge in [-0.25, -0.2) is 13.2 Å². The number of carbonyl (C=O) groups is 4. The lowest BCUT2D eigenvalue weighted by Crippen LogP contribution is -2.49. The maximum absolute atomic E-state index is 13.0. The van der Waals surface area contributed by atoms with Gasteiger partial charge in [-0.05, 0) is 36.2 Å². The first-order valence-electron chi connectivity index (χ1n) is 11.8. The number of amides is 3. The SMILES string of the molecule is CC(C)[C@@H](C(=O)OCC(=O)Nc1ccc(Cl)c(S(=O)(=O)N2CCOCC2)c1)N1C(=O)c2ccccc2C1=O. The first kappa shape index (κ1) is 27.7. The number of halogens is 1. The molecule has 11 nitrogen and oxygen atoms in total. The van der Waals surface area contributed by atoms with Crippen molar-refractivity contribution < 1.29 is 37.1 Å². The molecule has 2 aliphatic heterocycles. The van der Waals surface area contributed by atoms with E-state index >= 15 is 0 Å². The van der Waals surface area contributed by atoms with E-state index in [9.17, 15) is 27.6 Å². The van der Waals surface area contributed by atoms with Crippen molar-refractivity contribution in [2.24, 2.45) is 5.92 Å². The fourth-order valence-electron chi connectivity index (χ4n) is 4.26. The lowest BCUT2D eigenvalue weighted by Gasteiger charge is -2.27. The van der Waals surface area contributed by atoms with Crippen molar-refractivity contribution in [3.8, 4) is 0 Å². The van der Waals surface area contributed by atoms with Gasteiger partial charge in [0.25, 0.3) is 17.7 Å². The molecular formula is C25H26ClN3O8S. The van der Waals surface area contributed by atoms with Crippen LogP contribution in [-0.4, -0.2) is 80.3 Å². The van der Waals surface area contributed by atoms with Crippen LogP contribution in [0.1, 0.15) is 34.6 Å². The summed E-state index contributed by atoms with van der Waals surface area (Å²) < 4.78 is 37.6. The highest BCUT2D eigenvalue weighted by atomic mass is 35.5. The lowest BCUT2D eigenvalue weighted by molar-refractivity contribution is -0.152. The molecule has 1 N–H and O–H groups in total. The Hall–Kier alpha value is -3.32. The van der Waals surface area contributed by atoms with E-state index in [2.05, 4.69) is 5.32 Å². The van der Waals surface area contributed by atoms with Gasteiger partial charge in [-0.2, -0.15) is 4.31 Å². The summed E-state index contributed by atoms with van der Waals surface area (Å²) in [5.41, 5.74) is 0.515. The van der Waals surface area contributed by atoms with Crippen molar-refractivity contribution in [1.29, 1.82) is 0 Å². The number of benzene rings is 2. The second kappa shape index (κ2) is 11.2. The first-order chi connectivity index (χ1) is 18.0. The quantitative estimate of drug-likeness (QED) is 0.381. The van der Waals surface area contributed by atoms with Gasteiger partial charge in [0.1, 0.15) is 10.9 Å². The van der Waals surface area contributed by atoms with Gasteiger partial charge < -0.3 is 14.8 Å². The largest absolute Gasteiger partial charge is 0.454 e. The summed E-state index contributed by atoms with van der Waals surface area (Å²) >= 11 is 6.14. The Labute approximate surface area is 224 Å². The van der Waals surface area contributed by atoms with Gasteiger partial charge in [0.05, 0.1) is 29.4 Å². The normalized spacial score (nSPS) is 16.9. The van der Waals surface area contributed by atoms with Crippen LogP contribution in [0.4, 0.5) is 5.69 Å². The molecule has 13 heteroatoms. The van der Waals surface area contributed by atoms with Gasteiger partial charge in [0.15, 0.2) is 6.61 Å². The zero-order chi connectivity index (χ0) is 27.6. The van der Waals surface area contributed by atoms with E-state index in [0.29, 0.717) is 0 Å². The van der Waals surface area contributed by atoms with Crippen LogP contribution in [0.25, 0.3) is 0 Å². The molecule has 0 unspecified atom stereocenters. The Bertz CT molecular complexity index is 1350. The summed E-state index contributed by atoms with van der Waals surface area (Å²) in [6, 6.07) is 8.99. The fourth-order valence-corrected chi connectivity index (χ4v) is 6.17. The van der Waals surface area contributed by atoms with Crippen molar-refractivity contribution in [3.63, 3.8) is 0 Å². The molecule has 0 saturated carbocycles. The fraction of sp³-hybridized carbons (Fsp3) is 0.360. The van der Waals surface area contributed by atoms with E-state index in [0.717, 1.165) is 4.90 Å². The number of nitrogens with one attached hydrogen (secondary N) is 1. The summed E-state index contributed by atoms with van der Waals surface area (Å²) in [5.74, 6) is -3.38. The molecule has 3 amide bonds. The van der Waals surface area contributed by atoms with Gasteiger partial charge in [-0.1, -0.05) is 37.6 Å². The van der Waals surface area contributed by atoms with Crippen LogP contribution in [0.2, 0.25) is 5.02 Å². The zero-order valence-corrected chi connectivity index (χ0v) is 22.3. The second-order valence-electron chi connectivity index (χ2n) is 9.03. The molecule has 1 fully saturated rings. The molecule has 1 atom stereocenters. The Kier molecular flexibility index (Phi) is 8.16. The van der Waals surface area contributed by atoms with E-state index in [1.807, 2.05) is 0 Å². The number of rotatable bonds is 8. The third kappa shape index (κ3) is 5.44. The Morgan fingerprint density at radius 2 is 1.66 bits per heavy atom. The predicted molar refractivity (Wildman–Crippen MR) is 136 cm³/mol. The van der Waals surface area contributed by atoms with Crippen LogP contribution in [0, 0.1) is 5.92 Å². The monoisotopic (exact) mass is 563 g/mol. The summed E-state index contributed by atoms with van der Waals surface area (Å²) in [6.07, 6.45) is 0. The topological polar surface area (TPSA) is 139 Å². The number of anilines is 1. The molecule has 2 aromatic rings. The molecule has 0 aliphatic carbocycles. The minimum absolute atomic E-state index is 0.0124. The number of morpholine rings is 1. The number of imide groups is 1. The number of hydrogen-bond donors (Lipinski definition) is 1. The number of sulfonamides is 1. The molecule has 202 valence electrons. The highest BCUT2D eigenvalue weighted by Gasteiger charge is 2.44. The third-order valence-electron chi connectivity index (χ3n) is 6.12. The van der Waals surface area contributed by atoms with Crippen LogP contribution in [0.15, 0.2) is 47.4 Å². The molecule has 4 rings (SSSR count). The Morgan fingerprint density at radius 1 is 1.05 bits per heavy atom. The molecule has 1 saturated heterocycles. The van der Waals surface area contributed by atoms with E-state index in [1.54, 1.807) is 26.0 Å². The van der Waals surface area contributed by atoms with Gasteiger partial charge >= 0.3 is 5.97 Å². The predicted octanol–water partition coefficient (Wildman–Crippen LogP) is 2.16. The van der Waals surface area contributed by atoms with Crippen LogP contribution in [-0.2, 0) is 29.1 Å². The van der Waals surface area contributed by atoms with E-state index in [4.69, 9.17) is 21.1 Å². The molecular weight excluding hydrogens is 538 g/mol. The van der Waals surface area contributed by atoms with Crippen molar-refractivity contribution in [2.45, 2.75) is 24.8 Å². The average Bonchev–Trinajstić information content (AvgIpc) is 3.14. The number of hydrogen-bond acceptors (Lipinski definition) is 8. The van der Waals surface area contributed by atoms with Crippen LogP contribution >= 0.6 is 11.6 Å². The summed E-state index contributed by atoms with van der Waals surface area (Å²) in [5, 5.41) is 2.47. The maximum atomic E-state index is 13.0. The minimum atomic E-state index is -3.92. The van der Waals surface area contributed by atoms with Gasteiger partial charge in [0.2, 0.25) is 10.0 Å². The smallest absolute Gasteiger partial charge is 0.330 e. The van der Waals surface area contributed by atoms with Crippen LogP contribution in [0.5, 0.6) is 0 Å². The van der Waals surface area contributed by atoms with Crippen LogP contribution < -0.4 is 5.32 Å². The molecule has 0 spiro atoms. The Balaban J connectivity index is 1.43. The van der Waals surface area contributed by atoms with Crippen molar-refractivity contribution in [2.75, 3.05) is 38.2 Å². The summed E-state index contributed by atoms with van der Waals surface area (Å²) in [6.45, 7) is 3.46. The van der Waals surface area contributed by atoms with E-state index in [-0.39, 0.29) is 53.0 Å². The number of carbonyl (C=O) groups excluding carboxylic acids is 4. The van der Waals surface area contributed by atoms with E-state index in [1.165, 1.54) is 34.6 Å². The lowest BCUT2D eigenvalue weighted by atomic mass is 10.0. The van der Waals surface area contributed by atoms with Crippen molar-refractivity contribution in [1.82, 2.24) is 9.21 Å². The zero-order valence-electron chi connectivity index (χ0n) is 20.7. The first-order valence-corrected chi connectivity index (χ1v) is 13.6. The number of fused-ring (bicyclic) bond motifs is 1. The molecule has 2 aliphatic rings. The molecule has 2 aromatic carbocycles. The van der Waals surface area contributed by atoms with E-state index < -0.39 is 52.3 Å². The standard InChI is InChI=1S/C25H26ClN3O8S/c1-15(2)22(29-23(31)17-5-3-4-6-18(17)24(29)32)25(33)37-14-21(30)27-16-7-8-19(26)20(13-16)38(34,35)28-9-11-36-12-10-28/h3-8,13,15,22H,9-12,14H2,1-2H3,(H,27,30)/t22-/m0/s1. The highest BCUT2D eigenvalue weighted by molar-refractivity contribution is 7.89. The molecule has 38 heavy (non-hydrogen) atoms. The highest BCUT2D eigenvalue weighted by Crippen LogP contribution is 2.29. The van der Waals surface area contributed by atoms with Crippen molar-refractivity contribution >= 4 is 51.0 Å². The minimum Gasteiger partial charge on any atom is -0.454 e. The number of nitrogens with zero attached hydrogens (tertiary/aromatic N) is 2. The van der Waals surface area contributed by atoms with Crippen LogP contribution in [0.3, 0.4) is 0 Å². The van der Waals surface area contributed by atoms with Gasteiger partial charge in [0, 0.05) is 18.8 Å². The summed E-state index contributed by atoms with van der Waals surface area (Å²) in [4.78, 5) is 51.8. The number of esters is 1. The third-order valence-corrected chi connectivity index (χ3v) is 8.51. The summed E-state index contributed by atoms with van der Waals surface area (Å²) in [7, 11) is -3.92. The molecule has 0 radical (unpaired) electrons. The average molecular weight is 564 g/mol. The molecule has 0 aromatic heterocycles. The Morgan fingerprint density at radius 3 is 2.24 bits per heavy atom. The van der Waals surface area contributed by atoms with Crippen molar-refractivity contribution in [3.05, 3.63) is 58.6 Å². The maximum Gasteiger partial charge on any atom is 0.330 e. The molecule has 2 heterocycles. The molecule has 0 bridgehead atoms. The number of ether oxygens (including phenoxy) is 2. The van der Waals surface area contributed by atoms with Gasteiger partial charge in [-0.15, -0.1) is 0 Å².